The van der Waals surface area contributed by atoms with Crippen LogP contribution in [0.4, 0.5) is 0 Å². The Bertz CT molecular complexity index is 887. The first-order valence-corrected chi connectivity index (χ1v) is 9.91. The van der Waals surface area contributed by atoms with E-state index >= 15 is 0 Å². The predicted molar refractivity (Wildman–Crippen MR) is 104 cm³/mol. The van der Waals surface area contributed by atoms with Crippen LogP contribution in [0.15, 0.2) is 40.1 Å². The van der Waals surface area contributed by atoms with E-state index < -0.39 is 5.56 Å². The summed E-state index contributed by atoms with van der Waals surface area (Å²) in [5.74, 6) is -0.287. The highest BCUT2D eigenvalue weighted by molar-refractivity contribution is 6.30. The smallest absolute Gasteiger partial charge is 0.260 e. The zero-order chi connectivity index (χ0) is 19.7. The van der Waals surface area contributed by atoms with Crippen LogP contribution < -0.4 is 5.56 Å². The van der Waals surface area contributed by atoms with E-state index in [-0.39, 0.29) is 23.0 Å². The lowest BCUT2D eigenvalue weighted by Crippen LogP contribution is -2.54. The van der Waals surface area contributed by atoms with Gasteiger partial charge < -0.3 is 19.4 Å². The fourth-order valence-corrected chi connectivity index (χ4v) is 4.72. The molecule has 1 atom stereocenters. The average molecular weight is 406 g/mol. The average Bonchev–Trinajstić information content (AvgIpc) is 3.16. The Kier molecular flexibility index (Phi) is 5.31. The van der Waals surface area contributed by atoms with E-state index in [0.717, 1.165) is 37.9 Å². The third kappa shape index (κ3) is 4.01. The Balaban J connectivity index is 1.42. The van der Waals surface area contributed by atoms with Crippen molar-refractivity contribution in [3.05, 3.63) is 57.4 Å². The summed E-state index contributed by atoms with van der Waals surface area (Å²) in [4.78, 5) is 31.2. The topological polar surface area (TPSA) is 89.8 Å². The number of aromatic nitrogens is 1. The minimum atomic E-state index is -0.422. The van der Waals surface area contributed by atoms with E-state index in [4.69, 9.17) is 16.0 Å². The summed E-state index contributed by atoms with van der Waals surface area (Å²) in [6, 6.07) is 3.36. The van der Waals surface area contributed by atoms with Crippen LogP contribution in [0.3, 0.4) is 0 Å². The lowest BCUT2D eigenvalue weighted by molar-refractivity contribution is -0.0404. The number of piperidine rings is 2. The molecule has 150 valence electrons. The van der Waals surface area contributed by atoms with Crippen molar-refractivity contribution in [2.75, 3.05) is 26.2 Å². The molecule has 1 spiro atoms. The largest absolute Gasteiger partial charge is 0.472 e. The Morgan fingerprint density at radius 3 is 2.89 bits per heavy atom. The van der Waals surface area contributed by atoms with Gasteiger partial charge in [0.2, 0.25) is 0 Å². The van der Waals surface area contributed by atoms with Gasteiger partial charge in [-0.05, 0) is 36.8 Å². The molecular formula is C20H24ClN3O4. The second-order valence-corrected chi connectivity index (χ2v) is 8.45. The van der Waals surface area contributed by atoms with E-state index in [9.17, 15) is 14.7 Å². The number of carbonyl (C=O) groups excluding carboxylic acids is 1. The molecule has 2 N–H and O–H groups in total. The number of aliphatic hydroxyl groups excluding tert-OH is 1. The van der Waals surface area contributed by atoms with E-state index in [0.29, 0.717) is 24.7 Å². The SMILES string of the molecule is O=C(c1cc(Cl)c[nH]c1=O)N1CCC2(CC1)CC(O)CN(Cc1ccoc1)C2. The van der Waals surface area contributed by atoms with Crippen LogP contribution in [0.2, 0.25) is 5.02 Å². The molecule has 28 heavy (non-hydrogen) atoms. The van der Waals surface area contributed by atoms with Crippen molar-refractivity contribution < 1.29 is 14.3 Å². The van der Waals surface area contributed by atoms with Gasteiger partial charge in [-0.2, -0.15) is 0 Å². The van der Waals surface area contributed by atoms with Gasteiger partial charge in [0, 0.05) is 44.5 Å². The van der Waals surface area contributed by atoms with Crippen molar-refractivity contribution in [2.45, 2.75) is 31.9 Å². The zero-order valence-corrected chi connectivity index (χ0v) is 16.3. The summed E-state index contributed by atoms with van der Waals surface area (Å²) in [7, 11) is 0. The molecule has 1 amide bonds. The van der Waals surface area contributed by atoms with Gasteiger partial charge in [0.15, 0.2) is 0 Å². The van der Waals surface area contributed by atoms with Crippen molar-refractivity contribution >= 4 is 17.5 Å². The number of aromatic amines is 1. The Hall–Kier alpha value is -2.09. The normalized spacial score (nSPS) is 22.5. The second kappa shape index (κ2) is 7.73. The maximum atomic E-state index is 12.8. The molecule has 2 saturated heterocycles. The molecule has 7 nitrogen and oxygen atoms in total. The summed E-state index contributed by atoms with van der Waals surface area (Å²) in [5.41, 5.74) is 0.735. The van der Waals surface area contributed by atoms with Crippen molar-refractivity contribution in [3.63, 3.8) is 0 Å². The van der Waals surface area contributed by atoms with E-state index in [1.165, 1.54) is 12.3 Å². The number of carbonyl (C=O) groups is 1. The number of hydrogen-bond acceptors (Lipinski definition) is 5. The number of rotatable bonds is 3. The molecule has 2 aliphatic rings. The molecule has 4 rings (SSSR count). The number of pyridine rings is 1. The van der Waals surface area contributed by atoms with Crippen molar-refractivity contribution in [1.82, 2.24) is 14.8 Å². The highest BCUT2D eigenvalue weighted by Gasteiger charge is 2.42. The van der Waals surface area contributed by atoms with Gasteiger partial charge in [-0.3, -0.25) is 14.5 Å². The Morgan fingerprint density at radius 1 is 1.39 bits per heavy atom. The third-order valence-electron chi connectivity index (χ3n) is 5.89. The van der Waals surface area contributed by atoms with Gasteiger partial charge in [0.1, 0.15) is 5.56 Å². The van der Waals surface area contributed by atoms with Crippen LogP contribution in [0.25, 0.3) is 0 Å². The summed E-state index contributed by atoms with van der Waals surface area (Å²) < 4.78 is 5.15. The quantitative estimate of drug-likeness (QED) is 0.816. The van der Waals surface area contributed by atoms with Crippen LogP contribution in [-0.4, -0.2) is 58.1 Å². The van der Waals surface area contributed by atoms with Crippen LogP contribution >= 0.6 is 11.6 Å². The molecule has 0 aromatic carbocycles. The number of aliphatic hydroxyl groups is 1. The highest BCUT2D eigenvalue weighted by Crippen LogP contribution is 2.40. The number of nitrogens with zero attached hydrogens (tertiary/aromatic N) is 2. The molecule has 2 fully saturated rings. The van der Waals surface area contributed by atoms with Gasteiger partial charge in [-0.15, -0.1) is 0 Å². The molecule has 0 radical (unpaired) electrons. The van der Waals surface area contributed by atoms with Crippen molar-refractivity contribution in [3.8, 4) is 0 Å². The van der Waals surface area contributed by atoms with E-state index in [1.807, 2.05) is 6.07 Å². The van der Waals surface area contributed by atoms with Crippen LogP contribution in [0, 0.1) is 5.41 Å². The summed E-state index contributed by atoms with van der Waals surface area (Å²) in [6.45, 7) is 3.41. The van der Waals surface area contributed by atoms with Crippen LogP contribution in [0.5, 0.6) is 0 Å². The maximum absolute atomic E-state index is 12.8. The summed E-state index contributed by atoms with van der Waals surface area (Å²) >= 11 is 5.93. The molecule has 2 aliphatic heterocycles. The van der Waals surface area contributed by atoms with E-state index in [1.54, 1.807) is 17.4 Å². The molecule has 2 aromatic heterocycles. The minimum Gasteiger partial charge on any atom is -0.472 e. The number of hydrogen-bond donors (Lipinski definition) is 2. The summed E-state index contributed by atoms with van der Waals surface area (Å²) in [6.07, 6.45) is 6.74. The van der Waals surface area contributed by atoms with Crippen LogP contribution in [0.1, 0.15) is 35.2 Å². The Morgan fingerprint density at radius 2 is 2.18 bits per heavy atom. The number of amides is 1. The molecule has 2 aromatic rings. The molecular weight excluding hydrogens is 382 g/mol. The lowest BCUT2D eigenvalue weighted by Gasteiger charge is -2.49. The number of likely N-dealkylation sites (tertiary alicyclic amines) is 2. The molecule has 0 bridgehead atoms. The van der Waals surface area contributed by atoms with E-state index in [2.05, 4.69) is 9.88 Å². The lowest BCUT2D eigenvalue weighted by atomic mass is 9.71. The molecule has 4 heterocycles. The Labute approximate surface area is 167 Å². The zero-order valence-electron chi connectivity index (χ0n) is 15.6. The van der Waals surface area contributed by atoms with Gasteiger partial charge in [0.05, 0.1) is 23.7 Å². The fourth-order valence-electron chi connectivity index (χ4n) is 4.56. The first-order chi connectivity index (χ1) is 13.4. The predicted octanol–water partition coefficient (Wildman–Crippen LogP) is 2.11. The van der Waals surface area contributed by atoms with Crippen molar-refractivity contribution in [1.29, 1.82) is 0 Å². The monoisotopic (exact) mass is 405 g/mol. The number of furan rings is 1. The minimum absolute atomic E-state index is 0.0149. The van der Waals surface area contributed by atoms with Crippen LogP contribution in [-0.2, 0) is 6.54 Å². The molecule has 0 aliphatic carbocycles. The summed E-state index contributed by atoms with van der Waals surface area (Å²) in [5, 5.41) is 10.8. The van der Waals surface area contributed by atoms with Crippen molar-refractivity contribution in [2.24, 2.45) is 5.41 Å². The molecule has 1 unspecified atom stereocenters. The number of H-pyrrole nitrogens is 1. The second-order valence-electron chi connectivity index (χ2n) is 8.01. The third-order valence-corrected chi connectivity index (χ3v) is 6.11. The highest BCUT2D eigenvalue weighted by atomic mass is 35.5. The van der Waals surface area contributed by atoms with Gasteiger partial charge in [0.25, 0.3) is 11.5 Å². The molecule has 0 saturated carbocycles. The van der Waals surface area contributed by atoms with Gasteiger partial charge in [-0.25, -0.2) is 0 Å². The first kappa shape index (κ1) is 19.2. The number of halogens is 1. The molecule has 8 heteroatoms. The fraction of sp³-hybridized carbons (Fsp3) is 0.500. The van der Waals surface area contributed by atoms with Gasteiger partial charge in [-0.1, -0.05) is 11.6 Å². The maximum Gasteiger partial charge on any atom is 0.260 e. The standard InChI is InChI=1S/C20H24ClN3O4/c21-15-7-17(18(26)22-9-15)19(27)24-4-2-20(3-5-24)8-16(25)11-23(13-20)10-14-1-6-28-12-14/h1,6-7,9,12,16,25H,2-5,8,10-11,13H2,(H,22,26). The number of β-amino-alcohol motifs (C(OH)–C–C–N with tert-alkyl or cyclic N) is 1. The first-order valence-electron chi connectivity index (χ1n) is 9.53. The number of nitrogens with one attached hydrogen (secondary N) is 1. The van der Waals surface area contributed by atoms with Gasteiger partial charge >= 0.3 is 0 Å².